The Labute approximate surface area is 131 Å². The van der Waals surface area contributed by atoms with Crippen LogP contribution in [-0.4, -0.2) is 36.7 Å². The molecule has 1 aromatic carbocycles. The van der Waals surface area contributed by atoms with Crippen molar-refractivity contribution in [3.63, 3.8) is 0 Å². The topological polar surface area (TPSA) is 48.0 Å². The van der Waals surface area contributed by atoms with E-state index in [-0.39, 0.29) is 18.6 Å². The summed E-state index contributed by atoms with van der Waals surface area (Å²) in [4.78, 5) is 13.9. The highest BCUT2D eigenvalue weighted by Crippen LogP contribution is 2.24. The lowest BCUT2D eigenvalue weighted by Gasteiger charge is -2.30. The second kappa shape index (κ2) is 7.61. The highest BCUT2D eigenvalue weighted by Gasteiger charge is 2.33. The van der Waals surface area contributed by atoms with Crippen LogP contribution in [0.15, 0.2) is 30.3 Å². The Morgan fingerprint density at radius 3 is 2.82 bits per heavy atom. The SMILES string of the molecule is O=C(OCc1ccccc1)N1CCCC1OC1CCCCO1. The number of carbonyl (C=O) groups is 1. The fourth-order valence-electron chi connectivity index (χ4n) is 2.88. The molecular formula is C17H23NO4. The fraction of sp³-hybridized carbons (Fsp3) is 0.588. The van der Waals surface area contributed by atoms with E-state index in [2.05, 4.69) is 0 Å². The van der Waals surface area contributed by atoms with Gasteiger partial charge in [-0.25, -0.2) is 4.79 Å². The van der Waals surface area contributed by atoms with Crippen LogP contribution in [0.4, 0.5) is 4.79 Å². The van der Waals surface area contributed by atoms with Crippen molar-refractivity contribution in [2.75, 3.05) is 13.2 Å². The van der Waals surface area contributed by atoms with Crippen molar-refractivity contribution in [1.82, 2.24) is 4.90 Å². The largest absolute Gasteiger partial charge is 0.444 e. The first-order chi connectivity index (χ1) is 10.8. The zero-order valence-electron chi connectivity index (χ0n) is 12.8. The Kier molecular flexibility index (Phi) is 5.29. The summed E-state index contributed by atoms with van der Waals surface area (Å²) in [6.45, 7) is 1.73. The van der Waals surface area contributed by atoms with Crippen molar-refractivity contribution in [3.8, 4) is 0 Å². The molecule has 0 radical (unpaired) electrons. The molecule has 0 saturated carbocycles. The molecule has 1 amide bonds. The van der Waals surface area contributed by atoms with Crippen LogP contribution >= 0.6 is 0 Å². The van der Waals surface area contributed by atoms with Gasteiger partial charge in [-0.05, 0) is 37.7 Å². The minimum Gasteiger partial charge on any atom is -0.444 e. The van der Waals surface area contributed by atoms with Gasteiger partial charge in [-0.2, -0.15) is 0 Å². The molecule has 22 heavy (non-hydrogen) atoms. The summed E-state index contributed by atoms with van der Waals surface area (Å²) in [5.41, 5.74) is 0.989. The Hall–Kier alpha value is -1.59. The number of ether oxygens (including phenoxy) is 3. The Balaban J connectivity index is 1.49. The van der Waals surface area contributed by atoms with E-state index in [9.17, 15) is 4.79 Å². The predicted octanol–water partition coefficient (Wildman–Crippen LogP) is 3.29. The molecule has 1 aromatic rings. The van der Waals surface area contributed by atoms with E-state index in [1.807, 2.05) is 30.3 Å². The maximum absolute atomic E-state index is 12.3. The van der Waals surface area contributed by atoms with Crippen LogP contribution in [0.5, 0.6) is 0 Å². The molecule has 2 fully saturated rings. The summed E-state index contributed by atoms with van der Waals surface area (Å²) in [7, 11) is 0. The zero-order chi connectivity index (χ0) is 15.2. The highest BCUT2D eigenvalue weighted by atomic mass is 16.7. The molecule has 2 heterocycles. The molecule has 0 bridgehead atoms. The second-order valence-electron chi connectivity index (χ2n) is 5.76. The van der Waals surface area contributed by atoms with Gasteiger partial charge in [-0.1, -0.05) is 30.3 Å². The van der Waals surface area contributed by atoms with Crippen molar-refractivity contribution in [2.45, 2.75) is 51.2 Å². The number of rotatable bonds is 4. The molecule has 2 aliphatic rings. The van der Waals surface area contributed by atoms with E-state index in [4.69, 9.17) is 14.2 Å². The molecular weight excluding hydrogens is 282 g/mol. The lowest BCUT2D eigenvalue weighted by molar-refractivity contribution is -0.208. The summed E-state index contributed by atoms with van der Waals surface area (Å²) >= 11 is 0. The first kappa shape index (κ1) is 15.3. The average Bonchev–Trinajstić information content (AvgIpc) is 3.03. The summed E-state index contributed by atoms with van der Waals surface area (Å²) < 4.78 is 16.9. The average molecular weight is 305 g/mol. The molecule has 2 unspecified atom stereocenters. The van der Waals surface area contributed by atoms with E-state index >= 15 is 0 Å². The Morgan fingerprint density at radius 1 is 1.18 bits per heavy atom. The van der Waals surface area contributed by atoms with Gasteiger partial charge in [0, 0.05) is 13.2 Å². The molecule has 2 aliphatic heterocycles. The van der Waals surface area contributed by atoms with E-state index in [0.29, 0.717) is 13.2 Å². The van der Waals surface area contributed by atoms with Crippen LogP contribution in [0.25, 0.3) is 0 Å². The molecule has 0 aromatic heterocycles. The standard InChI is InChI=1S/C17H23NO4/c19-17(21-13-14-7-2-1-3-8-14)18-11-6-9-15(18)22-16-10-4-5-12-20-16/h1-3,7-8,15-16H,4-6,9-13H2. The first-order valence-corrected chi connectivity index (χ1v) is 8.07. The van der Waals surface area contributed by atoms with Crippen molar-refractivity contribution < 1.29 is 19.0 Å². The van der Waals surface area contributed by atoms with Gasteiger partial charge >= 0.3 is 6.09 Å². The minimum atomic E-state index is -0.304. The number of nitrogens with zero attached hydrogens (tertiary/aromatic N) is 1. The van der Waals surface area contributed by atoms with Crippen LogP contribution in [0, 0.1) is 0 Å². The Morgan fingerprint density at radius 2 is 2.05 bits per heavy atom. The van der Waals surface area contributed by atoms with Gasteiger partial charge in [0.25, 0.3) is 0 Å². The normalized spacial score (nSPS) is 25.2. The van der Waals surface area contributed by atoms with Gasteiger partial charge in [0.2, 0.25) is 0 Å². The van der Waals surface area contributed by atoms with E-state index in [1.165, 1.54) is 0 Å². The van der Waals surface area contributed by atoms with Crippen LogP contribution in [0.1, 0.15) is 37.7 Å². The first-order valence-electron chi connectivity index (χ1n) is 8.07. The smallest absolute Gasteiger partial charge is 0.412 e. The van der Waals surface area contributed by atoms with Gasteiger partial charge < -0.3 is 14.2 Å². The molecule has 2 atom stereocenters. The summed E-state index contributed by atoms with van der Waals surface area (Å²) in [5, 5.41) is 0. The van der Waals surface area contributed by atoms with Gasteiger partial charge in [-0.3, -0.25) is 4.90 Å². The molecule has 3 rings (SSSR count). The lowest BCUT2D eigenvalue weighted by Crippen LogP contribution is -2.40. The second-order valence-corrected chi connectivity index (χ2v) is 5.76. The molecule has 0 N–H and O–H groups in total. The predicted molar refractivity (Wildman–Crippen MR) is 81.0 cm³/mol. The number of amides is 1. The monoisotopic (exact) mass is 305 g/mol. The highest BCUT2D eigenvalue weighted by molar-refractivity contribution is 5.68. The van der Waals surface area contributed by atoms with Crippen LogP contribution in [-0.2, 0) is 20.8 Å². The quantitative estimate of drug-likeness (QED) is 0.856. The van der Waals surface area contributed by atoms with E-state index in [0.717, 1.165) is 44.3 Å². The molecule has 0 spiro atoms. The van der Waals surface area contributed by atoms with Gasteiger partial charge in [0.1, 0.15) is 12.8 Å². The van der Waals surface area contributed by atoms with Crippen LogP contribution in [0.3, 0.4) is 0 Å². The van der Waals surface area contributed by atoms with E-state index in [1.54, 1.807) is 4.90 Å². The van der Waals surface area contributed by atoms with Crippen molar-refractivity contribution in [3.05, 3.63) is 35.9 Å². The third-order valence-electron chi connectivity index (χ3n) is 4.08. The number of hydrogen-bond donors (Lipinski definition) is 0. The lowest BCUT2D eigenvalue weighted by atomic mass is 10.2. The van der Waals surface area contributed by atoms with Crippen LogP contribution in [0.2, 0.25) is 0 Å². The molecule has 5 nitrogen and oxygen atoms in total. The number of benzene rings is 1. The van der Waals surface area contributed by atoms with E-state index < -0.39 is 0 Å². The zero-order valence-corrected chi connectivity index (χ0v) is 12.8. The maximum atomic E-state index is 12.3. The number of hydrogen-bond acceptors (Lipinski definition) is 4. The van der Waals surface area contributed by atoms with Gasteiger partial charge in [0.05, 0.1) is 0 Å². The minimum absolute atomic E-state index is 0.179. The fourth-order valence-corrected chi connectivity index (χ4v) is 2.88. The summed E-state index contributed by atoms with van der Waals surface area (Å²) in [6.07, 6.45) is 4.21. The van der Waals surface area contributed by atoms with Crippen molar-refractivity contribution in [1.29, 1.82) is 0 Å². The third-order valence-corrected chi connectivity index (χ3v) is 4.08. The number of likely N-dealkylation sites (tertiary alicyclic amines) is 1. The van der Waals surface area contributed by atoms with Crippen molar-refractivity contribution in [2.24, 2.45) is 0 Å². The van der Waals surface area contributed by atoms with Gasteiger partial charge in [-0.15, -0.1) is 0 Å². The van der Waals surface area contributed by atoms with Crippen LogP contribution < -0.4 is 0 Å². The molecule has 0 aliphatic carbocycles. The maximum Gasteiger partial charge on any atom is 0.412 e. The molecule has 5 heteroatoms. The third kappa shape index (κ3) is 3.99. The summed E-state index contributed by atoms with van der Waals surface area (Å²) in [6, 6.07) is 9.71. The number of carbonyl (C=O) groups excluding carboxylic acids is 1. The molecule has 120 valence electrons. The Bertz CT molecular complexity index is 473. The van der Waals surface area contributed by atoms with Crippen molar-refractivity contribution >= 4 is 6.09 Å². The molecule has 2 saturated heterocycles. The summed E-state index contributed by atoms with van der Waals surface area (Å²) in [5.74, 6) is 0. The van der Waals surface area contributed by atoms with Gasteiger partial charge in [0.15, 0.2) is 6.29 Å².